The molecule has 0 aliphatic carbocycles. The van der Waals surface area contributed by atoms with Crippen LogP contribution < -0.4 is 9.62 Å². The van der Waals surface area contributed by atoms with Crippen LogP contribution >= 0.6 is 23.2 Å². The molecule has 0 bridgehead atoms. The molecule has 3 aromatic carbocycles. The van der Waals surface area contributed by atoms with E-state index in [1.165, 1.54) is 19.2 Å². The number of carbonyl (C=O) groups excluding carboxylic acids is 2. The molecule has 3 rings (SSSR count). The first-order valence-electron chi connectivity index (χ1n) is 10.1. The second kappa shape index (κ2) is 10.5. The van der Waals surface area contributed by atoms with Crippen molar-refractivity contribution in [3.8, 4) is 0 Å². The van der Waals surface area contributed by atoms with Crippen LogP contribution in [0.25, 0.3) is 0 Å². The van der Waals surface area contributed by atoms with Crippen LogP contribution in [0.3, 0.4) is 0 Å². The Hall–Kier alpha value is -3.07. The number of aryl methyl sites for hydroxylation is 2. The highest BCUT2D eigenvalue weighted by molar-refractivity contribution is 7.93. The zero-order chi connectivity index (χ0) is 25.0. The normalized spacial score (nSPS) is 11.1. The van der Waals surface area contributed by atoms with E-state index in [1.54, 1.807) is 30.3 Å². The molecule has 0 saturated heterocycles. The quantitative estimate of drug-likeness (QED) is 0.430. The third-order valence-corrected chi connectivity index (χ3v) is 7.51. The summed E-state index contributed by atoms with van der Waals surface area (Å²) in [7, 11) is -2.74. The van der Waals surface area contributed by atoms with Crippen LogP contribution in [0.2, 0.25) is 10.0 Å². The summed E-state index contributed by atoms with van der Waals surface area (Å²) in [5, 5.41) is 3.07. The Morgan fingerprint density at radius 1 is 0.971 bits per heavy atom. The summed E-state index contributed by atoms with van der Waals surface area (Å²) in [6.07, 6.45) is 0. The molecule has 0 aliphatic heterocycles. The second-order valence-electron chi connectivity index (χ2n) is 7.54. The summed E-state index contributed by atoms with van der Waals surface area (Å²) < 4.78 is 32.4. The number of anilines is 2. The Morgan fingerprint density at radius 2 is 1.65 bits per heavy atom. The number of carbonyl (C=O) groups is 2. The number of rotatable bonds is 7. The molecule has 0 radical (unpaired) electrons. The van der Waals surface area contributed by atoms with Gasteiger partial charge in [-0.2, -0.15) is 0 Å². The van der Waals surface area contributed by atoms with E-state index in [2.05, 4.69) is 5.32 Å². The molecule has 0 fully saturated rings. The van der Waals surface area contributed by atoms with Crippen LogP contribution in [0.15, 0.2) is 65.6 Å². The van der Waals surface area contributed by atoms with Crippen LogP contribution in [0.5, 0.6) is 0 Å². The number of hydrogen-bond donors (Lipinski definition) is 1. The van der Waals surface area contributed by atoms with Crippen molar-refractivity contribution in [1.82, 2.24) is 0 Å². The molecule has 0 atom stereocenters. The maximum Gasteiger partial charge on any atom is 0.338 e. The number of nitrogens with zero attached hydrogens (tertiary/aromatic N) is 1. The largest absolute Gasteiger partial charge is 0.452 e. The van der Waals surface area contributed by atoms with Gasteiger partial charge in [0.1, 0.15) is 4.90 Å². The van der Waals surface area contributed by atoms with Crippen molar-refractivity contribution in [3.63, 3.8) is 0 Å². The average Bonchev–Trinajstić information content (AvgIpc) is 2.79. The van der Waals surface area contributed by atoms with Crippen LogP contribution in [-0.2, 0) is 19.6 Å². The number of esters is 1. The molecule has 3 aromatic rings. The van der Waals surface area contributed by atoms with Gasteiger partial charge in [0.15, 0.2) is 6.61 Å². The molecule has 10 heteroatoms. The average molecular weight is 521 g/mol. The lowest BCUT2D eigenvalue weighted by Gasteiger charge is -2.20. The number of nitrogens with one attached hydrogen (secondary N) is 1. The standard InChI is InChI=1S/C24H22Cl2N2O5S/c1-15-4-11-21(16(2)12-15)27-23(29)14-33-24(30)17-5-10-20(26)22(13-17)34(31,32)28(3)19-8-6-18(25)7-9-19/h4-13H,14H2,1-3H3,(H,27,29). The first kappa shape index (κ1) is 25.6. The highest BCUT2D eigenvalue weighted by atomic mass is 35.5. The van der Waals surface area contributed by atoms with E-state index in [0.29, 0.717) is 16.4 Å². The summed E-state index contributed by atoms with van der Waals surface area (Å²) in [6, 6.07) is 15.5. The lowest BCUT2D eigenvalue weighted by atomic mass is 10.1. The van der Waals surface area contributed by atoms with Gasteiger partial charge in [-0.05, 0) is 67.9 Å². The number of halogens is 2. The van der Waals surface area contributed by atoms with Crippen molar-refractivity contribution in [2.75, 3.05) is 23.3 Å². The summed E-state index contributed by atoms with van der Waals surface area (Å²) in [4.78, 5) is 24.4. The van der Waals surface area contributed by atoms with Crippen molar-refractivity contribution >= 4 is 56.5 Å². The number of ether oxygens (including phenoxy) is 1. The molecule has 7 nitrogen and oxygen atoms in total. The summed E-state index contributed by atoms with van der Waals surface area (Å²) in [5.41, 5.74) is 2.83. The lowest BCUT2D eigenvalue weighted by Crippen LogP contribution is -2.27. The molecule has 0 aromatic heterocycles. The van der Waals surface area contributed by atoms with Crippen molar-refractivity contribution in [2.24, 2.45) is 0 Å². The van der Waals surface area contributed by atoms with E-state index in [1.807, 2.05) is 26.0 Å². The van der Waals surface area contributed by atoms with E-state index in [0.717, 1.165) is 21.5 Å². The minimum Gasteiger partial charge on any atom is -0.452 e. The van der Waals surface area contributed by atoms with Crippen molar-refractivity contribution < 1.29 is 22.7 Å². The van der Waals surface area contributed by atoms with Crippen molar-refractivity contribution in [2.45, 2.75) is 18.7 Å². The van der Waals surface area contributed by atoms with E-state index in [9.17, 15) is 18.0 Å². The second-order valence-corrected chi connectivity index (χ2v) is 10.3. The fourth-order valence-electron chi connectivity index (χ4n) is 3.12. The molecule has 34 heavy (non-hydrogen) atoms. The molecule has 1 N–H and O–H groups in total. The van der Waals surface area contributed by atoms with E-state index < -0.39 is 28.5 Å². The summed E-state index contributed by atoms with van der Waals surface area (Å²) in [6.45, 7) is 3.25. The van der Waals surface area contributed by atoms with Gasteiger partial charge >= 0.3 is 5.97 Å². The lowest BCUT2D eigenvalue weighted by molar-refractivity contribution is -0.119. The summed E-state index contributed by atoms with van der Waals surface area (Å²) in [5.74, 6) is -1.39. The SMILES string of the molecule is Cc1ccc(NC(=O)COC(=O)c2ccc(Cl)c(S(=O)(=O)N(C)c3ccc(Cl)cc3)c2)c(C)c1. The van der Waals surface area contributed by atoms with Crippen LogP contribution in [-0.4, -0.2) is 33.9 Å². The summed E-state index contributed by atoms with van der Waals surface area (Å²) >= 11 is 12.0. The Morgan fingerprint density at radius 3 is 2.29 bits per heavy atom. The van der Waals surface area contributed by atoms with Crippen LogP contribution in [0.1, 0.15) is 21.5 Å². The van der Waals surface area contributed by atoms with Crippen molar-refractivity contribution in [1.29, 1.82) is 0 Å². The number of amides is 1. The van der Waals surface area contributed by atoms with Gasteiger partial charge in [0.05, 0.1) is 16.3 Å². The minimum atomic E-state index is -4.10. The van der Waals surface area contributed by atoms with Gasteiger partial charge in [-0.1, -0.05) is 40.9 Å². The predicted molar refractivity (Wildman–Crippen MR) is 133 cm³/mol. The van der Waals surface area contributed by atoms with Gasteiger partial charge in [-0.15, -0.1) is 0 Å². The first-order chi connectivity index (χ1) is 16.0. The van der Waals surface area contributed by atoms with Gasteiger partial charge < -0.3 is 10.1 Å². The van der Waals surface area contributed by atoms with Gasteiger partial charge in [-0.3, -0.25) is 9.10 Å². The van der Waals surface area contributed by atoms with E-state index in [4.69, 9.17) is 27.9 Å². The molecule has 178 valence electrons. The van der Waals surface area contributed by atoms with Gasteiger partial charge in [0, 0.05) is 17.8 Å². The first-order valence-corrected chi connectivity index (χ1v) is 12.3. The zero-order valence-electron chi connectivity index (χ0n) is 18.6. The maximum absolute atomic E-state index is 13.1. The Labute approximate surface area is 208 Å². The Balaban J connectivity index is 1.73. The number of benzene rings is 3. The third-order valence-electron chi connectivity index (χ3n) is 4.99. The van der Waals surface area contributed by atoms with E-state index >= 15 is 0 Å². The number of hydrogen-bond acceptors (Lipinski definition) is 5. The Kier molecular flexibility index (Phi) is 7.86. The minimum absolute atomic E-state index is 0.0632. The van der Waals surface area contributed by atoms with Gasteiger partial charge in [-0.25, -0.2) is 13.2 Å². The van der Waals surface area contributed by atoms with Crippen molar-refractivity contribution in [3.05, 3.63) is 87.4 Å². The molecular formula is C24H22Cl2N2O5S. The molecule has 0 unspecified atom stereocenters. The molecule has 0 heterocycles. The smallest absolute Gasteiger partial charge is 0.338 e. The van der Waals surface area contributed by atoms with E-state index in [-0.39, 0.29) is 15.5 Å². The molecule has 0 aliphatic rings. The monoisotopic (exact) mass is 520 g/mol. The number of sulfonamides is 1. The van der Waals surface area contributed by atoms with Gasteiger partial charge in [0.25, 0.3) is 15.9 Å². The predicted octanol–water partition coefficient (Wildman–Crippen LogP) is 5.23. The molecule has 0 spiro atoms. The molecular weight excluding hydrogens is 499 g/mol. The highest BCUT2D eigenvalue weighted by Gasteiger charge is 2.26. The fourth-order valence-corrected chi connectivity index (χ4v) is 4.94. The maximum atomic E-state index is 13.1. The topological polar surface area (TPSA) is 92.8 Å². The van der Waals surface area contributed by atoms with Crippen LogP contribution in [0.4, 0.5) is 11.4 Å². The van der Waals surface area contributed by atoms with Gasteiger partial charge in [0.2, 0.25) is 0 Å². The Bertz CT molecular complexity index is 1340. The molecule has 1 amide bonds. The molecule has 0 saturated carbocycles. The highest BCUT2D eigenvalue weighted by Crippen LogP contribution is 2.29. The van der Waals surface area contributed by atoms with Crippen LogP contribution in [0, 0.1) is 13.8 Å². The third kappa shape index (κ3) is 5.88. The fraction of sp³-hybridized carbons (Fsp3) is 0.167. The zero-order valence-corrected chi connectivity index (χ0v) is 21.0.